The Bertz CT molecular complexity index is 1250. The Kier molecular flexibility index (Phi) is 5.58. The summed E-state index contributed by atoms with van der Waals surface area (Å²) in [5.74, 6) is 0.726. The van der Waals surface area contributed by atoms with Crippen LogP contribution in [0.3, 0.4) is 0 Å². The standard InChI is InChI=1S/C25H23N3O4/c1-28-21-13-7-11-19(24-30-14-15-31-24)22(21)27-23(28)18-10-5-6-12-20(18)26-25(29)32-16-17-8-3-2-4-9-17/h2-13,24H,14-16H2,1H3,(H,26,29). The monoisotopic (exact) mass is 429 g/mol. The molecule has 1 aliphatic heterocycles. The van der Waals surface area contributed by atoms with Gasteiger partial charge >= 0.3 is 6.09 Å². The fourth-order valence-corrected chi connectivity index (χ4v) is 3.86. The van der Waals surface area contributed by atoms with Crippen molar-refractivity contribution in [2.45, 2.75) is 12.9 Å². The summed E-state index contributed by atoms with van der Waals surface area (Å²) in [4.78, 5) is 17.4. The van der Waals surface area contributed by atoms with Gasteiger partial charge in [0, 0.05) is 18.2 Å². The molecule has 0 aliphatic carbocycles. The first-order chi connectivity index (χ1) is 15.7. The number of hydrogen-bond acceptors (Lipinski definition) is 5. The van der Waals surface area contributed by atoms with E-state index in [9.17, 15) is 4.79 Å². The van der Waals surface area contributed by atoms with Crippen LogP contribution in [0.5, 0.6) is 0 Å². The van der Waals surface area contributed by atoms with Crippen molar-refractivity contribution in [3.63, 3.8) is 0 Å². The number of imidazole rings is 1. The van der Waals surface area contributed by atoms with Crippen LogP contribution in [0.1, 0.15) is 17.4 Å². The van der Waals surface area contributed by atoms with Crippen LogP contribution in [0.15, 0.2) is 72.8 Å². The van der Waals surface area contributed by atoms with E-state index in [0.717, 1.165) is 33.5 Å². The van der Waals surface area contributed by atoms with Crippen LogP contribution in [-0.4, -0.2) is 28.9 Å². The highest BCUT2D eigenvalue weighted by molar-refractivity contribution is 5.92. The minimum Gasteiger partial charge on any atom is -0.444 e. The van der Waals surface area contributed by atoms with Crippen LogP contribution in [-0.2, 0) is 27.9 Å². The number of benzene rings is 3. The predicted molar refractivity (Wildman–Crippen MR) is 121 cm³/mol. The van der Waals surface area contributed by atoms with Gasteiger partial charge in [-0.15, -0.1) is 0 Å². The summed E-state index contributed by atoms with van der Waals surface area (Å²) in [5.41, 5.74) is 5.02. The van der Waals surface area contributed by atoms with Gasteiger partial charge in [0.05, 0.1) is 29.9 Å². The highest BCUT2D eigenvalue weighted by Crippen LogP contribution is 2.34. The Balaban J connectivity index is 1.43. The van der Waals surface area contributed by atoms with Gasteiger partial charge in [0.2, 0.25) is 0 Å². The van der Waals surface area contributed by atoms with Crippen molar-refractivity contribution in [2.75, 3.05) is 18.5 Å². The Morgan fingerprint density at radius 2 is 1.78 bits per heavy atom. The Morgan fingerprint density at radius 1 is 1.03 bits per heavy atom. The van der Waals surface area contributed by atoms with Gasteiger partial charge in [0.1, 0.15) is 12.4 Å². The fraction of sp³-hybridized carbons (Fsp3) is 0.200. The normalized spacial score (nSPS) is 14.0. The van der Waals surface area contributed by atoms with E-state index < -0.39 is 12.4 Å². The van der Waals surface area contributed by atoms with Gasteiger partial charge in [-0.1, -0.05) is 54.6 Å². The second-order valence-corrected chi connectivity index (χ2v) is 7.52. The molecule has 162 valence electrons. The lowest BCUT2D eigenvalue weighted by atomic mass is 10.1. The number of aromatic nitrogens is 2. The van der Waals surface area contributed by atoms with E-state index in [-0.39, 0.29) is 6.61 Å². The third-order valence-electron chi connectivity index (χ3n) is 5.44. The van der Waals surface area contributed by atoms with Crippen molar-refractivity contribution in [3.05, 3.63) is 83.9 Å². The van der Waals surface area contributed by atoms with Gasteiger partial charge in [0.25, 0.3) is 0 Å². The van der Waals surface area contributed by atoms with Crippen molar-refractivity contribution in [1.82, 2.24) is 9.55 Å². The molecular weight excluding hydrogens is 406 g/mol. The minimum atomic E-state index is -0.520. The van der Waals surface area contributed by atoms with Gasteiger partial charge in [-0.2, -0.15) is 0 Å². The Hall–Kier alpha value is -3.68. The number of ether oxygens (including phenoxy) is 3. The minimum absolute atomic E-state index is 0.200. The van der Waals surface area contributed by atoms with Crippen LogP contribution in [0, 0.1) is 0 Å². The number of hydrogen-bond donors (Lipinski definition) is 1. The highest BCUT2D eigenvalue weighted by atomic mass is 16.7. The van der Waals surface area contributed by atoms with E-state index in [1.165, 1.54) is 0 Å². The maximum absolute atomic E-state index is 12.5. The molecule has 2 heterocycles. The summed E-state index contributed by atoms with van der Waals surface area (Å²) < 4.78 is 18.8. The first kappa shape index (κ1) is 20.2. The quantitative estimate of drug-likeness (QED) is 0.481. The summed E-state index contributed by atoms with van der Waals surface area (Å²) in [6, 6.07) is 23.1. The Labute approximate surface area is 185 Å². The summed E-state index contributed by atoms with van der Waals surface area (Å²) in [6.45, 7) is 1.34. The molecule has 0 radical (unpaired) electrons. The molecule has 32 heavy (non-hydrogen) atoms. The van der Waals surface area contributed by atoms with Crippen LogP contribution in [0.2, 0.25) is 0 Å². The average Bonchev–Trinajstić information content (AvgIpc) is 3.47. The molecule has 5 rings (SSSR count). The van der Waals surface area contributed by atoms with Crippen molar-refractivity contribution in [3.8, 4) is 11.4 Å². The van der Waals surface area contributed by atoms with E-state index in [2.05, 4.69) is 5.32 Å². The van der Waals surface area contributed by atoms with Gasteiger partial charge in [0.15, 0.2) is 6.29 Å². The first-order valence-corrected chi connectivity index (χ1v) is 10.5. The molecule has 1 fully saturated rings. The Morgan fingerprint density at radius 3 is 2.59 bits per heavy atom. The lowest BCUT2D eigenvalue weighted by Crippen LogP contribution is -2.14. The number of nitrogens with zero attached hydrogens (tertiary/aromatic N) is 2. The predicted octanol–water partition coefficient (Wildman–Crippen LogP) is 5.03. The number of aryl methyl sites for hydroxylation is 1. The number of nitrogens with one attached hydrogen (secondary N) is 1. The summed E-state index contributed by atoms with van der Waals surface area (Å²) in [6.07, 6.45) is -0.934. The third kappa shape index (κ3) is 3.95. The summed E-state index contributed by atoms with van der Waals surface area (Å²) in [7, 11) is 1.95. The zero-order chi connectivity index (χ0) is 21.9. The lowest BCUT2D eigenvalue weighted by molar-refractivity contribution is -0.0431. The molecule has 7 nitrogen and oxygen atoms in total. The van der Waals surface area contributed by atoms with E-state index in [0.29, 0.717) is 18.9 Å². The average molecular weight is 429 g/mol. The van der Waals surface area contributed by atoms with E-state index in [1.807, 2.05) is 84.4 Å². The van der Waals surface area contributed by atoms with Crippen LogP contribution >= 0.6 is 0 Å². The molecule has 0 saturated carbocycles. The molecule has 7 heteroatoms. The molecule has 0 bridgehead atoms. The molecule has 0 unspecified atom stereocenters. The molecule has 1 saturated heterocycles. The smallest absolute Gasteiger partial charge is 0.411 e. The number of rotatable bonds is 5. The molecule has 1 aromatic heterocycles. The highest BCUT2D eigenvalue weighted by Gasteiger charge is 2.24. The lowest BCUT2D eigenvalue weighted by Gasteiger charge is -2.11. The van der Waals surface area contributed by atoms with E-state index in [4.69, 9.17) is 19.2 Å². The SMILES string of the molecule is Cn1c(-c2ccccc2NC(=O)OCc2ccccc2)nc2c(C3OCCO3)cccc21. The number of fused-ring (bicyclic) bond motifs is 1. The van der Waals surface area contributed by atoms with Crippen molar-refractivity contribution in [1.29, 1.82) is 0 Å². The molecule has 4 aromatic rings. The van der Waals surface area contributed by atoms with E-state index >= 15 is 0 Å². The summed E-state index contributed by atoms with van der Waals surface area (Å²) in [5, 5.41) is 2.86. The van der Waals surface area contributed by atoms with Gasteiger partial charge < -0.3 is 18.8 Å². The molecule has 1 N–H and O–H groups in total. The first-order valence-electron chi connectivity index (χ1n) is 10.5. The molecule has 1 amide bonds. The second kappa shape index (κ2) is 8.82. The largest absolute Gasteiger partial charge is 0.444 e. The van der Waals surface area contributed by atoms with Crippen LogP contribution in [0.4, 0.5) is 10.5 Å². The molecule has 0 spiro atoms. The molecule has 0 atom stereocenters. The van der Waals surface area contributed by atoms with Crippen molar-refractivity contribution >= 4 is 22.8 Å². The fourth-order valence-electron chi connectivity index (χ4n) is 3.86. The van der Waals surface area contributed by atoms with Gasteiger partial charge in [-0.3, -0.25) is 5.32 Å². The zero-order valence-corrected chi connectivity index (χ0v) is 17.7. The second-order valence-electron chi connectivity index (χ2n) is 7.52. The molecular formula is C25H23N3O4. The molecule has 1 aliphatic rings. The number of anilines is 1. The maximum Gasteiger partial charge on any atom is 0.411 e. The maximum atomic E-state index is 12.5. The number of carbonyl (C=O) groups excluding carboxylic acids is 1. The summed E-state index contributed by atoms with van der Waals surface area (Å²) >= 11 is 0. The number of carbonyl (C=O) groups is 1. The molecule has 3 aromatic carbocycles. The zero-order valence-electron chi connectivity index (χ0n) is 17.7. The number of amides is 1. The van der Waals surface area contributed by atoms with Gasteiger partial charge in [-0.25, -0.2) is 9.78 Å². The van der Waals surface area contributed by atoms with Crippen LogP contribution in [0.25, 0.3) is 22.4 Å². The third-order valence-corrected chi connectivity index (χ3v) is 5.44. The number of para-hydroxylation sites is 2. The van der Waals surface area contributed by atoms with E-state index in [1.54, 1.807) is 0 Å². The van der Waals surface area contributed by atoms with Crippen LogP contribution < -0.4 is 5.32 Å². The van der Waals surface area contributed by atoms with Crippen molar-refractivity contribution in [2.24, 2.45) is 7.05 Å². The van der Waals surface area contributed by atoms with Crippen molar-refractivity contribution < 1.29 is 19.0 Å². The van der Waals surface area contributed by atoms with Gasteiger partial charge in [-0.05, 0) is 23.8 Å². The topological polar surface area (TPSA) is 74.6 Å².